The van der Waals surface area contributed by atoms with Gasteiger partial charge in [0, 0.05) is 19.2 Å². The van der Waals surface area contributed by atoms with Crippen molar-refractivity contribution >= 4 is 17.4 Å². The first-order chi connectivity index (χ1) is 9.70. The van der Waals surface area contributed by atoms with Crippen LogP contribution < -0.4 is 9.64 Å². The number of amides is 1. The Morgan fingerprint density at radius 1 is 1.40 bits per heavy atom. The van der Waals surface area contributed by atoms with Gasteiger partial charge in [0.25, 0.3) is 11.7 Å². The van der Waals surface area contributed by atoms with E-state index in [1.54, 1.807) is 30.2 Å². The zero-order chi connectivity index (χ0) is 14.1. The van der Waals surface area contributed by atoms with Gasteiger partial charge in [0.2, 0.25) is 0 Å². The monoisotopic (exact) mass is 275 g/mol. The molecule has 0 N–H and O–H groups in total. The van der Waals surface area contributed by atoms with Crippen molar-refractivity contribution in [2.75, 3.05) is 25.2 Å². The molecule has 2 aliphatic heterocycles. The summed E-state index contributed by atoms with van der Waals surface area (Å²) in [6.45, 7) is 1.30. The van der Waals surface area contributed by atoms with E-state index in [4.69, 9.17) is 9.47 Å². The highest BCUT2D eigenvalue weighted by Crippen LogP contribution is 2.33. The molecule has 1 fully saturated rings. The number of hydrogen-bond acceptors (Lipinski definition) is 4. The van der Waals surface area contributed by atoms with Gasteiger partial charge in [-0.3, -0.25) is 9.59 Å². The molecule has 20 heavy (non-hydrogen) atoms. The molecule has 1 atom stereocenters. The van der Waals surface area contributed by atoms with Crippen LogP contribution in [0.5, 0.6) is 5.75 Å². The molecule has 3 rings (SSSR count). The number of ketones is 1. The number of anilines is 1. The van der Waals surface area contributed by atoms with Crippen molar-refractivity contribution in [2.45, 2.75) is 25.4 Å². The quantitative estimate of drug-likeness (QED) is 0.786. The number of benzene rings is 1. The van der Waals surface area contributed by atoms with Crippen LogP contribution >= 0.6 is 0 Å². The molecule has 1 saturated heterocycles. The second-order valence-corrected chi connectivity index (χ2v) is 5.09. The number of Topliss-reactive ketones (excluding diaryl/α,β-unsaturated/α-hetero) is 1. The summed E-state index contributed by atoms with van der Waals surface area (Å²) < 4.78 is 10.7. The maximum Gasteiger partial charge on any atom is 0.299 e. The molecular weight excluding hydrogens is 258 g/mol. The highest BCUT2D eigenvalue weighted by molar-refractivity contribution is 6.52. The highest BCUT2D eigenvalue weighted by Gasteiger charge is 2.36. The standard InChI is InChI=1S/C15H17NO4/c1-19-11-4-5-12-13(9-11)16(15(18)14(12)17)7-6-10-3-2-8-20-10/h4-5,9-10H,2-3,6-8H2,1H3. The molecule has 0 radical (unpaired) electrons. The second kappa shape index (κ2) is 5.25. The average Bonchev–Trinajstić information content (AvgIpc) is 3.06. The van der Waals surface area contributed by atoms with E-state index in [1.165, 1.54) is 0 Å². The van der Waals surface area contributed by atoms with Crippen LogP contribution in [-0.4, -0.2) is 38.1 Å². The summed E-state index contributed by atoms with van der Waals surface area (Å²) in [4.78, 5) is 25.5. The molecule has 0 aromatic heterocycles. The van der Waals surface area contributed by atoms with Crippen molar-refractivity contribution in [3.05, 3.63) is 23.8 Å². The smallest absolute Gasteiger partial charge is 0.299 e. The SMILES string of the molecule is COc1ccc2c(c1)N(CCC1CCCO1)C(=O)C2=O. The maximum atomic E-state index is 12.1. The number of carbonyl (C=O) groups is 2. The lowest BCUT2D eigenvalue weighted by Crippen LogP contribution is -2.32. The lowest BCUT2D eigenvalue weighted by atomic mass is 10.1. The van der Waals surface area contributed by atoms with Crippen molar-refractivity contribution in [3.63, 3.8) is 0 Å². The average molecular weight is 275 g/mol. The van der Waals surface area contributed by atoms with E-state index in [0.717, 1.165) is 25.9 Å². The first-order valence-corrected chi connectivity index (χ1v) is 6.86. The topological polar surface area (TPSA) is 55.8 Å². The molecular formula is C15H17NO4. The van der Waals surface area contributed by atoms with E-state index in [1.807, 2.05) is 0 Å². The Bertz CT molecular complexity index is 549. The molecule has 5 nitrogen and oxygen atoms in total. The fraction of sp³-hybridized carbons (Fsp3) is 0.467. The molecule has 5 heteroatoms. The molecule has 1 aromatic rings. The molecule has 2 aliphatic rings. The van der Waals surface area contributed by atoms with Gasteiger partial charge in [-0.15, -0.1) is 0 Å². The van der Waals surface area contributed by atoms with Gasteiger partial charge in [-0.05, 0) is 31.4 Å². The summed E-state index contributed by atoms with van der Waals surface area (Å²) in [7, 11) is 1.57. The van der Waals surface area contributed by atoms with Gasteiger partial charge in [0.1, 0.15) is 5.75 Å². The number of hydrogen-bond donors (Lipinski definition) is 0. The predicted octanol–water partition coefficient (Wildman–Crippen LogP) is 1.79. The van der Waals surface area contributed by atoms with Gasteiger partial charge in [-0.1, -0.05) is 0 Å². The summed E-state index contributed by atoms with van der Waals surface area (Å²) in [5.74, 6) is -0.241. The van der Waals surface area contributed by atoms with E-state index in [2.05, 4.69) is 0 Å². The zero-order valence-corrected chi connectivity index (χ0v) is 11.4. The summed E-state index contributed by atoms with van der Waals surface area (Å²) in [5.41, 5.74) is 1.11. The van der Waals surface area contributed by atoms with Crippen LogP contribution in [-0.2, 0) is 9.53 Å². The lowest BCUT2D eigenvalue weighted by Gasteiger charge is -2.19. The van der Waals surface area contributed by atoms with Crippen molar-refractivity contribution in [1.29, 1.82) is 0 Å². The number of ether oxygens (including phenoxy) is 2. The molecule has 1 unspecified atom stereocenters. The minimum absolute atomic E-state index is 0.201. The second-order valence-electron chi connectivity index (χ2n) is 5.09. The molecule has 2 heterocycles. The zero-order valence-electron chi connectivity index (χ0n) is 11.4. The van der Waals surface area contributed by atoms with Crippen LogP contribution in [0, 0.1) is 0 Å². The third-order valence-electron chi connectivity index (χ3n) is 3.88. The Morgan fingerprint density at radius 2 is 2.25 bits per heavy atom. The number of methoxy groups -OCH3 is 1. The Morgan fingerprint density at radius 3 is 2.95 bits per heavy atom. The molecule has 0 saturated carbocycles. The Balaban J connectivity index is 1.80. The van der Waals surface area contributed by atoms with Crippen molar-refractivity contribution < 1.29 is 19.1 Å². The van der Waals surface area contributed by atoms with E-state index < -0.39 is 11.7 Å². The summed E-state index contributed by atoms with van der Waals surface area (Å²) in [6.07, 6.45) is 3.06. The number of rotatable bonds is 4. The first-order valence-electron chi connectivity index (χ1n) is 6.86. The minimum Gasteiger partial charge on any atom is -0.497 e. The van der Waals surface area contributed by atoms with Gasteiger partial charge in [-0.2, -0.15) is 0 Å². The van der Waals surface area contributed by atoms with Crippen molar-refractivity contribution in [3.8, 4) is 5.75 Å². The van der Waals surface area contributed by atoms with Crippen molar-refractivity contribution in [1.82, 2.24) is 0 Å². The minimum atomic E-state index is -0.453. The van der Waals surface area contributed by atoms with Gasteiger partial charge in [0.05, 0.1) is 24.5 Å². The summed E-state index contributed by atoms with van der Waals surface area (Å²) >= 11 is 0. The summed E-state index contributed by atoms with van der Waals surface area (Å²) in [5, 5.41) is 0. The third kappa shape index (κ3) is 2.18. The number of nitrogens with zero attached hydrogens (tertiary/aromatic N) is 1. The van der Waals surface area contributed by atoms with Gasteiger partial charge in [0.15, 0.2) is 0 Å². The Hall–Kier alpha value is -1.88. The van der Waals surface area contributed by atoms with E-state index in [0.29, 0.717) is 23.5 Å². The Labute approximate surface area is 117 Å². The molecule has 0 spiro atoms. The van der Waals surface area contributed by atoms with Crippen LogP contribution in [0.4, 0.5) is 5.69 Å². The predicted molar refractivity (Wildman–Crippen MR) is 73.3 cm³/mol. The van der Waals surface area contributed by atoms with Gasteiger partial charge >= 0.3 is 0 Å². The number of carbonyl (C=O) groups excluding carboxylic acids is 2. The van der Waals surface area contributed by atoms with Crippen LogP contribution in [0.3, 0.4) is 0 Å². The summed E-state index contributed by atoms with van der Waals surface area (Å²) in [6, 6.07) is 5.10. The molecule has 106 valence electrons. The molecule has 1 aromatic carbocycles. The fourth-order valence-electron chi connectivity index (χ4n) is 2.77. The normalized spacial score (nSPS) is 21.4. The van der Waals surface area contributed by atoms with E-state index >= 15 is 0 Å². The lowest BCUT2D eigenvalue weighted by molar-refractivity contribution is -0.114. The third-order valence-corrected chi connectivity index (χ3v) is 3.88. The molecule has 0 bridgehead atoms. The van der Waals surface area contributed by atoms with Gasteiger partial charge < -0.3 is 14.4 Å². The molecule has 1 amide bonds. The Kier molecular flexibility index (Phi) is 3.44. The first kappa shape index (κ1) is 13.1. The van der Waals surface area contributed by atoms with Crippen LogP contribution in [0.25, 0.3) is 0 Å². The van der Waals surface area contributed by atoms with Crippen LogP contribution in [0.15, 0.2) is 18.2 Å². The highest BCUT2D eigenvalue weighted by atomic mass is 16.5. The van der Waals surface area contributed by atoms with E-state index in [9.17, 15) is 9.59 Å². The van der Waals surface area contributed by atoms with Crippen molar-refractivity contribution in [2.24, 2.45) is 0 Å². The number of fused-ring (bicyclic) bond motifs is 1. The van der Waals surface area contributed by atoms with Gasteiger partial charge in [-0.25, -0.2) is 0 Å². The van der Waals surface area contributed by atoms with E-state index in [-0.39, 0.29) is 6.10 Å². The fourth-order valence-corrected chi connectivity index (χ4v) is 2.77. The largest absolute Gasteiger partial charge is 0.497 e. The maximum absolute atomic E-state index is 12.1. The molecule has 0 aliphatic carbocycles. The van der Waals surface area contributed by atoms with Crippen LogP contribution in [0.1, 0.15) is 29.6 Å². The van der Waals surface area contributed by atoms with Crippen LogP contribution in [0.2, 0.25) is 0 Å².